The summed E-state index contributed by atoms with van der Waals surface area (Å²) in [5.74, 6) is 0. The van der Waals surface area contributed by atoms with Gasteiger partial charge in [0.25, 0.3) is 0 Å². The molecule has 1 unspecified atom stereocenters. The highest BCUT2D eigenvalue weighted by atomic mass is 16.3. The van der Waals surface area contributed by atoms with Crippen molar-refractivity contribution >= 4 is 0 Å². The van der Waals surface area contributed by atoms with Crippen molar-refractivity contribution in [2.24, 2.45) is 0 Å². The second-order valence-electron chi connectivity index (χ2n) is 1.93. The van der Waals surface area contributed by atoms with Crippen molar-refractivity contribution in [3.8, 4) is 0 Å². The predicted octanol–water partition coefficient (Wildman–Crippen LogP) is 1.57. The van der Waals surface area contributed by atoms with Crippen LogP contribution >= 0.6 is 0 Å². The molecule has 0 aromatic carbocycles. The molecule has 1 aromatic heterocycles. The lowest BCUT2D eigenvalue weighted by molar-refractivity contribution is 0.106. The van der Waals surface area contributed by atoms with Crippen LogP contribution < -0.4 is 0 Å². The van der Waals surface area contributed by atoms with Gasteiger partial charge in [0.1, 0.15) is 6.10 Å². The van der Waals surface area contributed by atoms with Crippen molar-refractivity contribution in [2.75, 3.05) is 0 Å². The number of nitrogens with zero attached hydrogens (tertiary/aromatic N) is 1. The minimum atomic E-state index is -0.654. The summed E-state index contributed by atoms with van der Waals surface area (Å²) in [7, 11) is 0. The van der Waals surface area contributed by atoms with Crippen LogP contribution in [0.25, 0.3) is 0 Å². The highest BCUT2D eigenvalue weighted by Gasteiger charge is 1.98. The van der Waals surface area contributed by atoms with Gasteiger partial charge in [-0.25, -0.2) is 5.11 Å². The summed E-state index contributed by atoms with van der Waals surface area (Å²) in [5.41, 5.74) is 0.748. The molecule has 0 aliphatic carbocycles. The Morgan fingerprint density at radius 1 is 1.67 bits per heavy atom. The Labute approximate surface area is 54.2 Å². The van der Waals surface area contributed by atoms with Crippen LogP contribution in [0.15, 0.2) is 24.5 Å². The molecule has 1 aromatic rings. The van der Waals surface area contributed by atoms with E-state index in [0.717, 1.165) is 5.56 Å². The van der Waals surface area contributed by atoms with Crippen LogP contribution in [0.1, 0.15) is 18.6 Å². The van der Waals surface area contributed by atoms with Gasteiger partial charge in [-0.05, 0) is 13.0 Å². The second-order valence-corrected chi connectivity index (χ2v) is 1.93. The largest absolute Gasteiger partial charge is 0.264 e. The normalized spacial score (nSPS) is 13.1. The topological polar surface area (TPSA) is 32.8 Å². The minimum Gasteiger partial charge on any atom is -0.264 e. The summed E-state index contributed by atoms with van der Waals surface area (Å²) < 4.78 is 0. The lowest BCUT2D eigenvalue weighted by Gasteiger charge is -1.97. The van der Waals surface area contributed by atoms with Crippen LogP contribution in [-0.4, -0.2) is 4.98 Å². The van der Waals surface area contributed by atoms with E-state index < -0.39 is 6.10 Å². The average molecular weight is 122 g/mol. The minimum absolute atomic E-state index is 0.654. The molecular formula is C7H8NO. The molecule has 0 fully saturated rings. The zero-order chi connectivity index (χ0) is 6.69. The molecule has 1 radical (unpaired) electrons. The summed E-state index contributed by atoms with van der Waals surface area (Å²) in [4.78, 5) is 3.81. The quantitative estimate of drug-likeness (QED) is 0.556. The van der Waals surface area contributed by atoms with E-state index in [2.05, 4.69) is 4.98 Å². The van der Waals surface area contributed by atoms with Gasteiger partial charge in [0.2, 0.25) is 0 Å². The lowest BCUT2D eigenvalue weighted by atomic mass is 10.2. The highest BCUT2D eigenvalue weighted by Crippen LogP contribution is 2.08. The van der Waals surface area contributed by atoms with Crippen molar-refractivity contribution in [1.82, 2.24) is 4.98 Å². The first kappa shape index (κ1) is 6.23. The molecule has 0 N–H and O–H groups in total. The molecule has 1 atom stereocenters. The highest BCUT2D eigenvalue weighted by molar-refractivity contribution is 5.10. The molecule has 0 aliphatic rings. The van der Waals surface area contributed by atoms with Crippen molar-refractivity contribution in [3.05, 3.63) is 30.1 Å². The van der Waals surface area contributed by atoms with E-state index in [-0.39, 0.29) is 0 Å². The van der Waals surface area contributed by atoms with E-state index in [1.807, 2.05) is 0 Å². The molecule has 1 rings (SSSR count). The summed E-state index contributed by atoms with van der Waals surface area (Å²) >= 11 is 0. The van der Waals surface area contributed by atoms with E-state index in [1.165, 1.54) is 0 Å². The first-order valence-electron chi connectivity index (χ1n) is 2.86. The molecular weight excluding hydrogens is 114 g/mol. The molecule has 0 spiro atoms. The third kappa shape index (κ3) is 1.50. The molecule has 2 nitrogen and oxygen atoms in total. The van der Waals surface area contributed by atoms with Crippen molar-refractivity contribution in [3.63, 3.8) is 0 Å². The molecule has 0 amide bonds. The molecule has 0 aliphatic heterocycles. The number of hydrogen-bond acceptors (Lipinski definition) is 1. The second kappa shape index (κ2) is 2.60. The number of hydrogen-bond donors (Lipinski definition) is 0. The van der Waals surface area contributed by atoms with E-state index in [0.29, 0.717) is 0 Å². The fourth-order valence-corrected chi connectivity index (χ4v) is 0.616. The SMILES string of the molecule is CC([O])c1cccnc1. The van der Waals surface area contributed by atoms with Crippen molar-refractivity contribution < 1.29 is 5.11 Å². The van der Waals surface area contributed by atoms with Gasteiger partial charge in [-0.3, -0.25) is 4.98 Å². The molecule has 9 heavy (non-hydrogen) atoms. The van der Waals surface area contributed by atoms with Crippen LogP contribution in [0.4, 0.5) is 0 Å². The molecule has 1 heterocycles. The fourth-order valence-electron chi connectivity index (χ4n) is 0.616. The maximum absolute atomic E-state index is 10.7. The predicted molar refractivity (Wildman–Crippen MR) is 33.3 cm³/mol. The van der Waals surface area contributed by atoms with Crippen molar-refractivity contribution in [2.45, 2.75) is 13.0 Å². The van der Waals surface area contributed by atoms with Crippen LogP contribution in [0, 0.1) is 0 Å². The van der Waals surface area contributed by atoms with Gasteiger partial charge in [0.15, 0.2) is 0 Å². The Kier molecular flexibility index (Phi) is 1.80. The van der Waals surface area contributed by atoms with Gasteiger partial charge in [0, 0.05) is 18.0 Å². The summed E-state index contributed by atoms with van der Waals surface area (Å²) in [6.07, 6.45) is 2.60. The smallest absolute Gasteiger partial charge is 0.117 e. The fraction of sp³-hybridized carbons (Fsp3) is 0.286. The van der Waals surface area contributed by atoms with Gasteiger partial charge in [-0.1, -0.05) is 6.07 Å². The molecule has 47 valence electrons. The Balaban J connectivity index is 2.85. The number of aromatic nitrogens is 1. The Bertz CT molecular complexity index is 172. The molecule has 0 saturated heterocycles. The van der Waals surface area contributed by atoms with Gasteiger partial charge in [-0.2, -0.15) is 0 Å². The lowest BCUT2D eigenvalue weighted by Crippen LogP contribution is -1.87. The standard InChI is InChI=1S/C7H8NO/c1-6(9)7-3-2-4-8-5-7/h2-6H,1H3. The molecule has 0 bridgehead atoms. The molecule has 2 heteroatoms. The van der Waals surface area contributed by atoms with E-state index in [9.17, 15) is 5.11 Å². The average Bonchev–Trinajstić information content (AvgIpc) is 1.90. The monoisotopic (exact) mass is 122 g/mol. The summed E-state index contributed by atoms with van der Waals surface area (Å²) in [6.45, 7) is 1.61. The van der Waals surface area contributed by atoms with Gasteiger partial charge in [0.05, 0.1) is 0 Å². The van der Waals surface area contributed by atoms with Gasteiger partial charge < -0.3 is 0 Å². The Morgan fingerprint density at radius 2 is 2.44 bits per heavy atom. The van der Waals surface area contributed by atoms with E-state index in [1.54, 1.807) is 31.5 Å². The van der Waals surface area contributed by atoms with E-state index >= 15 is 0 Å². The zero-order valence-corrected chi connectivity index (χ0v) is 5.24. The van der Waals surface area contributed by atoms with Crippen LogP contribution in [0.2, 0.25) is 0 Å². The summed E-state index contributed by atoms with van der Waals surface area (Å²) in [5, 5.41) is 10.7. The molecule has 0 saturated carbocycles. The maximum Gasteiger partial charge on any atom is 0.117 e. The summed E-state index contributed by atoms with van der Waals surface area (Å²) in [6, 6.07) is 3.55. The Morgan fingerprint density at radius 3 is 2.78 bits per heavy atom. The number of rotatable bonds is 1. The third-order valence-electron chi connectivity index (χ3n) is 1.15. The van der Waals surface area contributed by atoms with E-state index in [4.69, 9.17) is 0 Å². The van der Waals surface area contributed by atoms with Crippen LogP contribution in [0.5, 0.6) is 0 Å². The first-order chi connectivity index (χ1) is 4.30. The van der Waals surface area contributed by atoms with Gasteiger partial charge >= 0.3 is 0 Å². The van der Waals surface area contributed by atoms with Crippen LogP contribution in [-0.2, 0) is 5.11 Å². The van der Waals surface area contributed by atoms with Gasteiger partial charge in [-0.15, -0.1) is 0 Å². The number of pyridine rings is 1. The Hall–Kier alpha value is -0.890. The first-order valence-corrected chi connectivity index (χ1v) is 2.86. The zero-order valence-electron chi connectivity index (χ0n) is 5.24. The third-order valence-corrected chi connectivity index (χ3v) is 1.15. The van der Waals surface area contributed by atoms with Crippen molar-refractivity contribution in [1.29, 1.82) is 0 Å². The maximum atomic E-state index is 10.7. The van der Waals surface area contributed by atoms with Crippen LogP contribution in [0.3, 0.4) is 0 Å².